The Morgan fingerprint density at radius 2 is 1.67 bits per heavy atom. The van der Waals surface area contributed by atoms with Crippen molar-refractivity contribution in [3.8, 4) is 5.75 Å². The molecule has 1 N–H and O–H groups in total. The van der Waals surface area contributed by atoms with Crippen molar-refractivity contribution in [1.82, 2.24) is 4.90 Å². The Balaban J connectivity index is 2.23. The standard InChI is InChI=1S/C23H39NO3/c1-5-24(20(3)22-16-15-21(27-4)18-19(22)2)17-13-11-9-7-6-8-10-12-14-23(25)26/h15-16,18,20H,5-14,17H2,1-4H3,(H,25,26). The van der Waals surface area contributed by atoms with E-state index in [4.69, 9.17) is 9.84 Å². The highest BCUT2D eigenvalue weighted by atomic mass is 16.5. The van der Waals surface area contributed by atoms with Gasteiger partial charge in [0, 0.05) is 12.5 Å². The molecule has 4 heteroatoms. The summed E-state index contributed by atoms with van der Waals surface area (Å²) in [5, 5.41) is 8.62. The number of carboxylic acids is 1. The second kappa shape index (κ2) is 13.6. The minimum absolute atomic E-state index is 0.318. The highest BCUT2D eigenvalue weighted by molar-refractivity contribution is 5.66. The van der Waals surface area contributed by atoms with Gasteiger partial charge in [-0.05, 0) is 63.0 Å². The highest BCUT2D eigenvalue weighted by Crippen LogP contribution is 2.27. The molecule has 0 saturated heterocycles. The molecule has 0 amide bonds. The Bertz CT molecular complexity index is 544. The maximum atomic E-state index is 10.5. The van der Waals surface area contributed by atoms with E-state index in [1.165, 1.54) is 49.7 Å². The first-order valence-corrected chi connectivity index (χ1v) is 10.6. The monoisotopic (exact) mass is 377 g/mol. The minimum atomic E-state index is -0.672. The number of hydrogen-bond acceptors (Lipinski definition) is 3. The molecule has 0 heterocycles. The van der Waals surface area contributed by atoms with E-state index in [2.05, 4.69) is 43.9 Å². The van der Waals surface area contributed by atoms with E-state index in [0.29, 0.717) is 12.5 Å². The molecule has 0 spiro atoms. The van der Waals surface area contributed by atoms with Gasteiger partial charge in [-0.25, -0.2) is 0 Å². The van der Waals surface area contributed by atoms with Crippen LogP contribution in [-0.2, 0) is 4.79 Å². The van der Waals surface area contributed by atoms with Gasteiger partial charge in [0.2, 0.25) is 0 Å². The number of aliphatic carboxylic acids is 1. The summed E-state index contributed by atoms with van der Waals surface area (Å²) < 4.78 is 5.32. The number of hydrogen-bond donors (Lipinski definition) is 1. The van der Waals surface area contributed by atoms with Crippen LogP contribution in [0.4, 0.5) is 0 Å². The molecule has 4 nitrogen and oxygen atoms in total. The lowest BCUT2D eigenvalue weighted by Gasteiger charge is -2.29. The lowest BCUT2D eigenvalue weighted by molar-refractivity contribution is -0.137. The molecule has 154 valence electrons. The second-order valence-corrected chi connectivity index (χ2v) is 7.50. The number of nitrogens with zero attached hydrogens (tertiary/aromatic N) is 1. The van der Waals surface area contributed by atoms with E-state index >= 15 is 0 Å². The van der Waals surface area contributed by atoms with Crippen LogP contribution in [0.25, 0.3) is 0 Å². The van der Waals surface area contributed by atoms with Crippen LogP contribution in [0.15, 0.2) is 18.2 Å². The van der Waals surface area contributed by atoms with Crippen molar-refractivity contribution in [3.05, 3.63) is 29.3 Å². The molecule has 1 rings (SSSR count). The maximum absolute atomic E-state index is 10.5. The fourth-order valence-electron chi connectivity index (χ4n) is 3.72. The van der Waals surface area contributed by atoms with Crippen molar-refractivity contribution in [1.29, 1.82) is 0 Å². The second-order valence-electron chi connectivity index (χ2n) is 7.50. The van der Waals surface area contributed by atoms with Gasteiger partial charge in [0.05, 0.1) is 7.11 Å². The third-order valence-electron chi connectivity index (χ3n) is 5.47. The van der Waals surface area contributed by atoms with E-state index in [-0.39, 0.29) is 0 Å². The summed E-state index contributed by atoms with van der Waals surface area (Å²) in [4.78, 5) is 13.0. The first-order valence-electron chi connectivity index (χ1n) is 10.6. The van der Waals surface area contributed by atoms with Gasteiger partial charge in [-0.1, -0.05) is 51.5 Å². The van der Waals surface area contributed by atoms with Crippen molar-refractivity contribution < 1.29 is 14.6 Å². The summed E-state index contributed by atoms with van der Waals surface area (Å²) in [5.41, 5.74) is 2.68. The fraction of sp³-hybridized carbons (Fsp3) is 0.696. The third-order valence-corrected chi connectivity index (χ3v) is 5.47. The number of carboxylic acid groups (broad SMARTS) is 1. The summed E-state index contributed by atoms with van der Waals surface area (Å²) in [5.74, 6) is 0.254. The zero-order valence-electron chi connectivity index (χ0n) is 17.8. The highest BCUT2D eigenvalue weighted by Gasteiger charge is 2.16. The lowest BCUT2D eigenvalue weighted by atomic mass is 10.0. The summed E-state index contributed by atoms with van der Waals surface area (Å²) in [7, 11) is 1.71. The molecule has 0 aliphatic carbocycles. The zero-order chi connectivity index (χ0) is 20.1. The predicted octanol–water partition coefficient (Wildman–Crippen LogP) is 5.98. The maximum Gasteiger partial charge on any atom is 0.303 e. The Kier molecular flexibility index (Phi) is 11.8. The topological polar surface area (TPSA) is 49.8 Å². The van der Waals surface area contributed by atoms with Crippen LogP contribution in [0, 0.1) is 6.92 Å². The molecular weight excluding hydrogens is 338 g/mol. The van der Waals surface area contributed by atoms with E-state index in [1.54, 1.807) is 7.11 Å². The Hall–Kier alpha value is -1.55. The molecule has 0 radical (unpaired) electrons. The van der Waals surface area contributed by atoms with Crippen LogP contribution in [-0.4, -0.2) is 36.2 Å². The quantitative estimate of drug-likeness (QED) is 0.382. The summed E-state index contributed by atoms with van der Waals surface area (Å²) in [6, 6.07) is 6.81. The number of carbonyl (C=O) groups is 1. The minimum Gasteiger partial charge on any atom is -0.497 e. The molecule has 0 bridgehead atoms. The van der Waals surface area contributed by atoms with Crippen molar-refractivity contribution in [2.45, 2.75) is 84.6 Å². The molecule has 1 atom stereocenters. The van der Waals surface area contributed by atoms with Gasteiger partial charge in [-0.15, -0.1) is 0 Å². The van der Waals surface area contributed by atoms with E-state index < -0.39 is 5.97 Å². The smallest absolute Gasteiger partial charge is 0.303 e. The molecule has 1 unspecified atom stereocenters. The Morgan fingerprint density at radius 1 is 1.07 bits per heavy atom. The lowest BCUT2D eigenvalue weighted by Crippen LogP contribution is -2.28. The molecule has 0 aliphatic heterocycles. The van der Waals surface area contributed by atoms with Crippen molar-refractivity contribution >= 4 is 5.97 Å². The van der Waals surface area contributed by atoms with Crippen LogP contribution in [0.5, 0.6) is 5.75 Å². The van der Waals surface area contributed by atoms with Crippen molar-refractivity contribution in [2.75, 3.05) is 20.2 Å². The van der Waals surface area contributed by atoms with Gasteiger partial charge in [0.15, 0.2) is 0 Å². The van der Waals surface area contributed by atoms with Gasteiger partial charge < -0.3 is 9.84 Å². The van der Waals surface area contributed by atoms with Crippen LogP contribution < -0.4 is 4.74 Å². The molecule has 0 fully saturated rings. The third kappa shape index (κ3) is 9.28. The van der Waals surface area contributed by atoms with Gasteiger partial charge in [0.25, 0.3) is 0 Å². The summed E-state index contributed by atoms with van der Waals surface area (Å²) in [6.45, 7) is 8.92. The average Bonchev–Trinajstić information content (AvgIpc) is 2.65. The number of rotatable bonds is 15. The number of aryl methyl sites for hydroxylation is 1. The Labute approximate surface area is 165 Å². The van der Waals surface area contributed by atoms with Crippen LogP contribution in [0.3, 0.4) is 0 Å². The molecular formula is C23H39NO3. The van der Waals surface area contributed by atoms with E-state index in [1.807, 2.05) is 0 Å². The average molecular weight is 378 g/mol. The molecule has 1 aromatic rings. The van der Waals surface area contributed by atoms with Crippen molar-refractivity contribution in [3.63, 3.8) is 0 Å². The number of benzene rings is 1. The molecule has 0 saturated carbocycles. The zero-order valence-corrected chi connectivity index (χ0v) is 17.8. The van der Waals surface area contributed by atoms with Gasteiger partial charge >= 0.3 is 5.97 Å². The van der Waals surface area contributed by atoms with Crippen LogP contribution in [0.2, 0.25) is 0 Å². The first-order chi connectivity index (χ1) is 13.0. The van der Waals surface area contributed by atoms with E-state index in [0.717, 1.165) is 31.7 Å². The van der Waals surface area contributed by atoms with Crippen LogP contribution >= 0.6 is 0 Å². The fourth-order valence-corrected chi connectivity index (χ4v) is 3.72. The molecule has 0 aliphatic rings. The van der Waals surface area contributed by atoms with Gasteiger partial charge in [0.1, 0.15) is 5.75 Å². The predicted molar refractivity (Wildman–Crippen MR) is 113 cm³/mol. The first kappa shape index (κ1) is 23.5. The molecule has 27 heavy (non-hydrogen) atoms. The van der Waals surface area contributed by atoms with Crippen LogP contribution in [0.1, 0.15) is 88.8 Å². The summed E-state index contributed by atoms with van der Waals surface area (Å²) in [6.07, 6.45) is 9.67. The van der Waals surface area contributed by atoms with Gasteiger partial charge in [-0.3, -0.25) is 9.69 Å². The normalized spacial score (nSPS) is 12.3. The van der Waals surface area contributed by atoms with Gasteiger partial charge in [-0.2, -0.15) is 0 Å². The number of unbranched alkanes of at least 4 members (excludes halogenated alkanes) is 7. The Morgan fingerprint density at radius 3 is 2.19 bits per heavy atom. The largest absolute Gasteiger partial charge is 0.497 e. The van der Waals surface area contributed by atoms with Crippen molar-refractivity contribution in [2.24, 2.45) is 0 Å². The van der Waals surface area contributed by atoms with E-state index in [9.17, 15) is 4.79 Å². The SMILES string of the molecule is CCN(CCCCCCCCCCC(=O)O)C(C)c1ccc(OC)cc1C. The molecule has 1 aromatic carbocycles. The molecule has 0 aromatic heterocycles. The number of ether oxygens (including phenoxy) is 1. The number of methoxy groups -OCH3 is 1. The summed E-state index contributed by atoms with van der Waals surface area (Å²) >= 11 is 0.